The van der Waals surface area contributed by atoms with Gasteiger partial charge in [0.1, 0.15) is 5.75 Å². The molecule has 0 bridgehead atoms. The molecule has 2 aromatic heterocycles. The van der Waals surface area contributed by atoms with Gasteiger partial charge >= 0.3 is 0 Å². The number of nitrogens with zero attached hydrogens (tertiary/aromatic N) is 3. The Hall–Kier alpha value is -3.42. The highest BCUT2D eigenvalue weighted by atomic mass is 35.5. The van der Waals surface area contributed by atoms with E-state index in [4.69, 9.17) is 32.5 Å². The molecular weight excluding hydrogens is 439 g/mol. The molecule has 0 fully saturated rings. The quantitative estimate of drug-likeness (QED) is 0.394. The lowest BCUT2D eigenvalue weighted by atomic mass is 10.2. The Labute approximate surface area is 188 Å². The van der Waals surface area contributed by atoms with Gasteiger partial charge in [-0.3, -0.25) is 9.78 Å². The second-order valence-corrected chi connectivity index (χ2v) is 7.40. The fourth-order valence-corrected chi connectivity index (χ4v) is 3.19. The van der Waals surface area contributed by atoms with Crippen LogP contribution in [0.2, 0.25) is 10.0 Å². The minimum absolute atomic E-state index is 0.219. The number of pyridine rings is 1. The van der Waals surface area contributed by atoms with Gasteiger partial charge in [0.2, 0.25) is 5.82 Å². The maximum Gasteiger partial charge on any atom is 0.267 e. The van der Waals surface area contributed by atoms with Gasteiger partial charge in [0.15, 0.2) is 6.10 Å². The maximum absolute atomic E-state index is 12.2. The van der Waals surface area contributed by atoms with Crippen molar-refractivity contribution in [2.24, 2.45) is 0 Å². The van der Waals surface area contributed by atoms with Gasteiger partial charge in [-0.05, 0) is 61.5 Å². The summed E-state index contributed by atoms with van der Waals surface area (Å²) in [6.45, 7) is 1.78. The van der Waals surface area contributed by atoms with Gasteiger partial charge in [-0.1, -0.05) is 28.4 Å². The number of nitrogens with one attached hydrogen (secondary N) is 1. The number of carbonyl (C=O) groups is 1. The molecule has 31 heavy (non-hydrogen) atoms. The summed E-state index contributed by atoms with van der Waals surface area (Å²) >= 11 is 12.0. The third-order valence-corrected chi connectivity index (χ3v) is 4.86. The van der Waals surface area contributed by atoms with Crippen LogP contribution < -0.4 is 10.1 Å². The molecule has 1 N–H and O–H groups in total. The van der Waals surface area contributed by atoms with Gasteiger partial charge in [0, 0.05) is 34.2 Å². The number of hydrogen-bond donors (Lipinski definition) is 1. The molecule has 7 nitrogen and oxygen atoms in total. The summed E-state index contributed by atoms with van der Waals surface area (Å²) in [7, 11) is 0. The third-order valence-electron chi connectivity index (χ3n) is 4.33. The minimum atomic E-state index is -0.515. The first-order valence-corrected chi connectivity index (χ1v) is 10.0. The van der Waals surface area contributed by atoms with Gasteiger partial charge in [0.25, 0.3) is 11.8 Å². The van der Waals surface area contributed by atoms with Crippen molar-refractivity contribution in [2.75, 3.05) is 5.32 Å². The predicted molar refractivity (Wildman–Crippen MR) is 117 cm³/mol. The average Bonchev–Trinajstić information content (AvgIpc) is 3.27. The van der Waals surface area contributed by atoms with Crippen LogP contribution in [-0.2, 0) is 0 Å². The number of halogens is 2. The van der Waals surface area contributed by atoms with Crippen LogP contribution in [0.15, 0.2) is 71.5 Å². The van der Waals surface area contributed by atoms with E-state index in [9.17, 15) is 4.79 Å². The Morgan fingerprint density at radius 2 is 1.81 bits per heavy atom. The monoisotopic (exact) mass is 454 g/mol. The zero-order chi connectivity index (χ0) is 21.8. The van der Waals surface area contributed by atoms with Gasteiger partial charge in [0.05, 0.1) is 5.02 Å². The molecule has 0 aliphatic carbocycles. The van der Waals surface area contributed by atoms with Crippen molar-refractivity contribution in [3.05, 3.63) is 88.5 Å². The largest absolute Gasteiger partial charge is 0.479 e. The van der Waals surface area contributed by atoms with Crippen LogP contribution >= 0.6 is 23.2 Å². The van der Waals surface area contributed by atoms with E-state index in [2.05, 4.69) is 20.4 Å². The number of ether oxygens (including phenoxy) is 1. The van der Waals surface area contributed by atoms with Crippen molar-refractivity contribution in [2.45, 2.75) is 13.0 Å². The normalized spacial score (nSPS) is 11.7. The van der Waals surface area contributed by atoms with Gasteiger partial charge in [-0.2, -0.15) is 4.98 Å². The molecule has 4 rings (SSSR count). The summed E-state index contributed by atoms with van der Waals surface area (Å²) in [5.41, 5.74) is 1.90. The molecule has 156 valence electrons. The standard InChI is InChI=1S/C22H16Cl2N4O3/c1-13(30-19-7-4-16(23)12-18(19)24)22-27-20(28-31-22)14-2-5-17(6-3-14)26-21(29)15-8-10-25-11-9-15/h2-13H,1H3,(H,26,29)/t13-/m1/s1. The van der Waals surface area contributed by atoms with E-state index in [1.807, 2.05) is 0 Å². The Bertz CT molecular complexity index is 1200. The number of carbonyl (C=O) groups excluding carboxylic acids is 1. The van der Waals surface area contributed by atoms with Crippen LogP contribution in [0.5, 0.6) is 5.75 Å². The molecule has 0 saturated heterocycles. The van der Waals surface area contributed by atoms with E-state index < -0.39 is 6.10 Å². The predicted octanol–water partition coefficient (Wildman–Crippen LogP) is 5.83. The fourth-order valence-electron chi connectivity index (χ4n) is 2.74. The summed E-state index contributed by atoms with van der Waals surface area (Å²) in [5, 5.41) is 7.74. The first-order valence-electron chi connectivity index (χ1n) is 9.27. The van der Waals surface area contributed by atoms with E-state index in [1.54, 1.807) is 73.9 Å². The van der Waals surface area contributed by atoms with Crippen LogP contribution in [0.3, 0.4) is 0 Å². The van der Waals surface area contributed by atoms with Gasteiger partial charge in [-0.25, -0.2) is 0 Å². The molecule has 2 heterocycles. The molecule has 0 spiro atoms. The Morgan fingerprint density at radius 3 is 2.52 bits per heavy atom. The Morgan fingerprint density at radius 1 is 1.06 bits per heavy atom. The Balaban J connectivity index is 1.43. The summed E-state index contributed by atoms with van der Waals surface area (Å²) in [6.07, 6.45) is 2.62. The van der Waals surface area contributed by atoms with Crippen molar-refractivity contribution in [1.82, 2.24) is 15.1 Å². The average molecular weight is 455 g/mol. The van der Waals surface area contributed by atoms with Crippen molar-refractivity contribution in [1.29, 1.82) is 0 Å². The molecule has 9 heteroatoms. The molecule has 4 aromatic rings. The highest BCUT2D eigenvalue weighted by Gasteiger charge is 2.18. The van der Waals surface area contributed by atoms with Crippen molar-refractivity contribution in [3.8, 4) is 17.1 Å². The number of aromatic nitrogens is 3. The van der Waals surface area contributed by atoms with Crippen molar-refractivity contribution >= 4 is 34.8 Å². The third kappa shape index (κ3) is 5.02. The van der Waals surface area contributed by atoms with Crippen LogP contribution in [0.1, 0.15) is 29.3 Å². The number of anilines is 1. The molecule has 0 saturated carbocycles. The smallest absolute Gasteiger partial charge is 0.267 e. The highest BCUT2D eigenvalue weighted by Crippen LogP contribution is 2.31. The molecule has 0 aliphatic heterocycles. The molecular formula is C22H16Cl2N4O3. The summed E-state index contributed by atoms with van der Waals surface area (Å²) in [6, 6.07) is 15.4. The first-order chi connectivity index (χ1) is 15.0. The topological polar surface area (TPSA) is 90.1 Å². The SMILES string of the molecule is C[C@@H](Oc1ccc(Cl)cc1Cl)c1nc(-c2ccc(NC(=O)c3ccncc3)cc2)no1. The van der Waals surface area contributed by atoms with E-state index in [0.717, 1.165) is 5.56 Å². The molecule has 0 radical (unpaired) electrons. The number of hydrogen-bond acceptors (Lipinski definition) is 6. The first kappa shape index (κ1) is 20.8. The van der Waals surface area contributed by atoms with Crippen LogP contribution in [-0.4, -0.2) is 21.0 Å². The van der Waals surface area contributed by atoms with Crippen LogP contribution in [0.4, 0.5) is 5.69 Å². The lowest BCUT2D eigenvalue weighted by Gasteiger charge is -2.12. The zero-order valence-corrected chi connectivity index (χ0v) is 17.8. The minimum Gasteiger partial charge on any atom is -0.479 e. The number of rotatable bonds is 6. The van der Waals surface area contributed by atoms with E-state index >= 15 is 0 Å². The van der Waals surface area contributed by atoms with Crippen LogP contribution in [0, 0.1) is 0 Å². The zero-order valence-electron chi connectivity index (χ0n) is 16.3. The highest BCUT2D eigenvalue weighted by molar-refractivity contribution is 6.35. The van der Waals surface area contributed by atoms with Crippen LogP contribution in [0.25, 0.3) is 11.4 Å². The Kier molecular flexibility index (Phi) is 6.16. The second kappa shape index (κ2) is 9.16. The molecule has 0 unspecified atom stereocenters. The fraction of sp³-hybridized carbons (Fsp3) is 0.0909. The van der Waals surface area contributed by atoms with Crippen molar-refractivity contribution in [3.63, 3.8) is 0 Å². The van der Waals surface area contributed by atoms with E-state index in [-0.39, 0.29) is 5.91 Å². The second-order valence-electron chi connectivity index (χ2n) is 6.56. The van der Waals surface area contributed by atoms with Gasteiger partial charge in [-0.15, -0.1) is 0 Å². The lowest BCUT2D eigenvalue weighted by molar-refractivity contribution is 0.102. The van der Waals surface area contributed by atoms with Gasteiger partial charge < -0.3 is 14.6 Å². The number of benzene rings is 2. The molecule has 0 aliphatic rings. The molecule has 1 atom stereocenters. The molecule has 2 aromatic carbocycles. The maximum atomic E-state index is 12.2. The summed E-state index contributed by atoms with van der Waals surface area (Å²) < 4.78 is 11.1. The molecule has 1 amide bonds. The number of amides is 1. The lowest BCUT2D eigenvalue weighted by Crippen LogP contribution is -2.11. The summed E-state index contributed by atoms with van der Waals surface area (Å²) in [4.78, 5) is 20.5. The van der Waals surface area contributed by atoms with E-state index in [1.165, 1.54) is 0 Å². The van der Waals surface area contributed by atoms with Crippen molar-refractivity contribution < 1.29 is 14.1 Å². The van der Waals surface area contributed by atoms with E-state index in [0.29, 0.717) is 38.8 Å². The summed E-state index contributed by atoms with van der Waals surface area (Å²) in [5.74, 6) is 0.951.